The first-order valence-corrected chi connectivity index (χ1v) is 18.2. The van der Waals surface area contributed by atoms with Crippen LogP contribution in [0.25, 0.3) is 89.1 Å². The predicted octanol–water partition coefficient (Wildman–Crippen LogP) is 12.8. The van der Waals surface area contributed by atoms with Crippen LogP contribution in [-0.2, 0) is 5.41 Å². The van der Waals surface area contributed by atoms with Crippen molar-refractivity contribution < 1.29 is 0 Å². The van der Waals surface area contributed by atoms with Crippen LogP contribution >= 0.6 is 0 Å². The van der Waals surface area contributed by atoms with Gasteiger partial charge in [0.15, 0.2) is 5.82 Å². The van der Waals surface area contributed by atoms with Crippen LogP contribution in [0.5, 0.6) is 0 Å². The molecule has 0 radical (unpaired) electrons. The van der Waals surface area contributed by atoms with E-state index in [0.717, 1.165) is 61.4 Å². The molecule has 3 nitrogen and oxygen atoms in total. The number of fused-ring (bicyclic) bond motifs is 5. The van der Waals surface area contributed by atoms with Crippen molar-refractivity contribution in [1.29, 1.82) is 0 Å². The summed E-state index contributed by atoms with van der Waals surface area (Å²) in [7, 11) is 0. The van der Waals surface area contributed by atoms with Gasteiger partial charge in [0.2, 0.25) is 0 Å². The van der Waals surface area contributed by atoms with Gasteiger partial charge in [-0.15, -0.1) is 0 Å². The van der Waals surface area contributed by atoms with E-state index in [9.17, 15) is 0 Å². The molecular weight excluding hydrogens is 643 g/mol. The summed E-state index contributed by atoms with van der Waals surface area (Å²) in [4.78, 5) is 15.6. The highest BCUT2D eigenvalue weighted by atomic mass is 14.9. The van der Waals surface area contributed by atoms with Crippen LogP contribution in [0.1, 0.15) is 25.0 Å². The van der Waals surface area contributed by atoms with Gasteiger partial charge < -0.3 is 0 Å². The summed E-state index contributed by atoms with van der Waals surface area (Å²) in [6.45, 7) is 4.65. The van der Waals surface area contributed by atoms with Crippen molar-refractivity contribution in [2.24, 2.45) is 0 Å². The fourth-order valence-electron chi connectivity index (χ4n) is 8.05. The molecule has 1 aliphatic rings. The molecule has 0 fully saturated rings. The van der Waals surface area contributed by atoms with E-state index < -0.39 is 0 Å². The van der Waals surface area contributed by atoms with Crippen LogP contribution in [0.3, 0.4) is 0 Å². The largest absolute Gasteiger partial charge is 0.248 e. The van der Waals surface area contributed by atoms with Crippen molar-refractivity contribution in [1.82, 2.24) is 15.0 Å². The molecule has 3 heteroatoms. The van der Waals surface area contributed by atoms with E-state index >= 15 is 0 Å². The Bertz CT molecular complexity index is 2840. The smallest absolute Gasteiger partial charge is 0.160 e. The Labute approximate surface area is 309 Å². The number of pyridine rings is 1. The summed E-state index contributed by atoms with van der Waals surface area (Å²) in [5, 5.41) is 3.54. The van der Waals surface area contributed by atoms with Crippen LogP contribution < -0.4 is 0 Å². The molecule has 0 aliphatic heterocycles. The molecule has 0 spiro atoms. The Hall–Kier alpha value is -6.71. The van der Waals surface area contributed by atoms with Crippen LogP contribution in [0.4, 0.5) is 0 Å². The second kappa shape index (κ2) is 12.2. The Morgan fingerprint density at radius 3 is 1.68 bits per heavy atom. The number of rotatable bonds is 5. The first-order valence-electron chi connectivity index (χ1n) is 18.2. The second-order valence-electron chi connectivity index (χ2n) is 14.5. The van der Waals surface area contributed by atoms with Crippen LogP contribution in [0, 0.1) is 0 Å². The van der Waals surface area contributed by atoms with Crippen molar-refractivity contribution in [3.05, 3.63) is 187 Å². The minimum absolute atomic E-state index is 0.105. The van der Waals surface area contributed by atoms with E-state index in [0.29, 0.717) is 5.82 Å². The van der Waals surface area contributed by atoms with Crippen molar-refractivity contribution in [2.75, 3.05) is 0 Å². The minimum Gasteiger partial charge on any atom is -0.248 e. The van der Waals surface area contributed by atoms with E-state index in [4.69, 9.17) is 15.0 Å². The third-order valence-corrected chi connectivity index (χ3v) is 10.9. The molecule has 0 amide bonds. The first-order chi connectivity index (χ1) is 26.0. The summed E-state index contributed by atoms with van der Waals surface area (Å²) in [6, 6.07) is 62.4. The molecule has 1 aliphatic carbocycles. The van der Waals surface area contributed by atoms with Gasteiger partial charge in [-0.25, -0.2) is 15.0 Å². The quantitative estimate of drug-likeness (QED) is 0.182. The van der Waals surface area contributed by atoms with Crippen LogP contribution in [0.15, 0.2) is 176 Å². The van der Waals surface area contributed by atoms with Gasteiger partial charge in [0.25, 0.3) is 0 Å². The molecule has 2 heterocycles. The van der Waals surface area contributed by atoms with Gasteiger partial charge in [-0.2, -0.15) is 0 Å². The average molecular weight is 678 g/mol. The summed E-state index contributed by atoms with van der Waals surface area (Å²) >= 11 is 0. The monoisotopic (exact) mass is 677 g/mol. The Morgan fingerprint density at radius 1 is 0.358 bits per heavy atom. The summed E-state index contributed by atoms with van der Waals surface area (Å²) in [5.41, 5.74) is 15.4. The Balaban J connectivity index is 1.12. The fraction of sp³-hybridized carbons (Fsp3) is 0.0600. The number of hydrogen-bond acceptors (Lipinski definition) is 3. The lowest BCUT2D eigenvalue weighted by Gasteiger charge is -2.22. The van der Waals surface area contributed by atoms with Gasteiger partial charge in [-0.1, -0.05) is 159 Å². The lowest BCUT2D eigenvalue weighted by molar-refractivity contribution is 0.661. The lowest BCUT2D eigenvalue weighted by atomic mass is 9.82. The summed E-state index contributed by atoms with van der Waals surface area (Å²) < 4.78 is 0. The summed E-state index contributed by atoms with van der Waals surface area (Å²) in [6.07, 6.45) is 0. The molecule has 250 valence electrons. The van der Waals surface area contributed by atoms with Crippen molar-refractivity contribution in [3.8, 4) is 67.4 Å². The highest BCUT2D eigenvalue weighted by Gasteiger charge is 2.35. The maximum absolute atomic E-state index is 5.28. The Morgan fingerprint density at radius 2 is 0.943 bits per heavy atom. The predicted molar refractivity (Wildman–Crippen MR) is 220 cm³/mol. The topological polar surface area (TPSA) is 38.7 Å². The number of aromatic nitrogens is 3. The maximum atomic E-state index is 5.28. The van der Waals surface area contributed by atoms with Crippen molar-refractivity contribution >= 4 is 21.7 Å². The van der Waals surface area contributed by atoms with E-state index in [1.54, 1.807) is 0 Å². The molecule has 9 aromatic rings. The molecule has 0 N–H and O–H groups in total. The number of benzene rings is 7. The first kappa shape index (κ1) is 31.1. The molecule has 0 saturated carbocycles. The fourth-order valence-corrected chi connectivity index (χ4v) is 8.05. The molecule has 0 bridgehead atoms. The zero-order valence-electron chi connectivity index (χ0n) is 29.6. The molecule has 2 aromatic heterocycles. The highest BCUT2D eigenvalue weighted by molar-refractivity contribution is 6.01. The van der Waals surface area contributed by atoms with E-state index in [-0.39, 0.29) is 5.41 Å². The number of hydrogen-bond donors (Lipinski definition) is 0. The normalized spacial score (nSPS) is 12.9. The molecule has 7 aromatic carbocycles. The van der Waals surface area contributed by atoms with E-state index in [1.807, 2.05) is 6.07 Å². The summed E-state index contributed by atoms with van der Waals surface area (Å²) in [5.74, 6) is 0.697. The van der Waals surface area contributed by atoms with Crippen molar-refractivity contribution in [3.63, 3.8) is 0 Å². The van der Waals surface area contributed by atoms with E-state index in [2.05, 4.69) is 184 Å². The van der Waals surface area contributed by atoms with Crippen LogP contribution in [0.2, 0.25) is 0 Å². The molecular formula is C50H35N3. The Kier molecular flexibility index (Phi) is 7.16. The zero-order valence-corrected chi connectivity index (χ0v) is 29.6. The maximum Gasteiger partial charge on any atom is 0.160 e. The minimum atomic E-state index is -0.105. The molecule has 10 rings (SSSR count). The van der Waals surface area contributed by atoms with Gasteiger partial charge in [0, 0.05) is 33.1 Å². The van der Waals surface area contributed by atoms with Gasteiger partial charge in [0.05, 0.1) is 22.6 Å². The molecule has 0 saturated heterocycles. The molecule has 53 heavy (non-hydrogen) atoms. The molecule has 0 unspecified atom stereocenters. The second-order valence-corrected chi connectivity index (χ2v) is 14.5. The highest BCUT2D eigenvalue weighted by Crippen LogP contribution is 2.50. The van der Waals surface area contributed by atoms with Crippen molar-refractivity contribution in [2.45, 2.75) is 19.3 Å². The average Bonchev–Trinajstić information content (AvgIpc) is 3.45. The van der Waals surface area contributed by atoms with E-state index in [1.165, 1.54) is 33.0 Å². The third-order valence-electron chi connectivity index (χ3n) is 10.9. The standard InChI is InChI=1S/C50H35N3/c1-50(2)43-20-12-11-19-39(43)41-28-42-40(29-45(34-14-5-3-6-15-34)51-48(42)30-44(41)50)33-22-24-36(25-23-33)49-52-46(35-16-7-4-8-17-35)31-47(53-49)38-26-21-32-13-9-10-18-37(32)27-38/h3-31H,1-2H3. The van der Waals surface area contributed by atoms with Gasteiger partial charge in [-0.05, 0) is 74.5 Å². The zero-order chi connectivity index (χ0) is 35.5. The third kappa shape index (κ3) is 5.32. The van der Waals surface area contributed by atoms with Crippen LogP contribution in [-0.4, -0.2) is 15.0 Å². The SMILES string of the molecule is CC1(C)c2ccccc2-c2cc3c(-c4ccc(-c5nc(-c6ccccc6)cc(-c6ccc7ccccc7c6)n5)cc4)cc(-c4ccccc4)nc3cc21. The molecule has 0 atom stereocenters. The van der Waals surface area contributed by atoms with Gasteiger partial charge in [-0.3, -0.25) is 0 Å². The number of nitrogens with zero attached hydrogens (tertiary/aromatic N) is 3. The lowest BCUT2D eigenvalue weighted by Crippen LogP contribution is -2.14. The van der Waals surface area contributed by atoms with Gasteiger partial charge >= 0.3 is 0 Å². The van der Waals surface area contributed by atoms with Gasteiger partial charge in [0.1, 0.15) is 0 Å².